The highest BCUT2D eigenvalue weighted by Crippen LogP contribution is 2.24. The summed E-state index contributed by atoms with van der Waals surface area (Å²) < 4.78 is 39.3. The van der Waals surface area contributed by atoms with E-state index in [4.69, 9.17) is 31.6 Å². The molecule has 5 N–H and O–H groups in total. The lowest BCUT2D eigenvalue weighted by molar-refractivity contribution is -0.157. The number of hydrogen-bond donors (Lipinski definition) is 5. The van der Waals surface area contributed by atoms with Crippen molar-refractivity contribution in [1.82, 2.24) is 16.0 Å². The minimum absolute atomic E-state index is 0.0661. The molecule has 11 heteroatoms. The molecule has 0 aliphatic carbocycles. The number of ether oxygens (including phenoxy) is 1. The summed E-state index contributed by atoms with van der Waals surface area (Å²) in [6.45, 7) is 5.22. The third-order valence-electron chi connectivity index (χ3n) is 4.83. The summed E-state index contributed by atoms with van der Waals surface area (Å²) in [6, 6.07) is 6.21. The van der Waals surface area contributed by atoms with Gasteiger partial charge in [0, 0.05) is 30.0 Å². The van der Waals surface area contributed by atoms with Gasteiger partial charge in [-0.15, -0.1) is 0 Å². The number of furan rings is 1. The Morgan fingerprint density at radius 3 is 2.64 bits per heavy atom. The molecule has 3 rings (SSSR count). The van der Waals surface area contributed by atoms with Gasteiger partial charge in [-0.3, -0.25) is 5.41 Å². The van der Waals surface area contributed by atoms with Gasteiger partial charge >= 0.3 is 5.97 Å². The second kappa shape index (κ2) is 11.2. The second-order valence-corrected chi connectivity index (χ2v) is 9.19. The number of halogens is 3. The van der Waals surface area contributed by atoms with E-state index in [0.717, 1.165) is 12.3 Å². The van der Waals surface area contributed by atoms with Gasteiger partial charge in [-0.05, 0) is 51.1 Å². The molecule has 0 saturated heterocycles. The number of esters is 1. The number of hydrogen-bond acceptors (Lipinski definition) is 8. The SMILES string of the molecule is CC(C)(C)OC(=O)C(Cc1ccco1)NC1=C(/C(C=N)=C/C(=N)Cl)NC(c2cccc(F)c2F)=CN1. The van der Waals surface area contributed by atoms with E-state index in [-0.39, 0.29) is 39.9 Å². The first-order valence-electron chi connectivity index (χ1n) is 10.9. The monoisotopic (exact) mass is 517 g/mol. The van der Waals surface area contributed by atoms with E-state index in [1.165, 1.54) is 30.7 Å². The lowest BCUT2D eigenvalue weighted by Gasteiger charge is -2.29. The van der Waals surface area contributed by atoms with Crippen LogP contribution in [0.4, 0.5) is 8.78 Å². The zero-order valence-electron chi connectivity index (χ0n) is 19.8. The van der Waals surface area contributed by atoms with Crippen LogP contribution in [0.2, 0.25) is 0 Å². The Bertz CT molecular complexity index is 1250. The number of carbonyl (C=O) groups is 1. The smallest absolute Gasteiger partial charge is 0.329 e. The maximum absolute atomic E-state index is 14.5. The second-order valence-electron chi connectivity index (χ2n) is 8.78. The van der Waals surface area contributed by atoms with Gasteiger partial charge in [0.05, 0.1) is 17.7 Å². The topological polar surface area (TPSA) is 123 Å². The quantitative estimate of drug-likeness (QED) is 0.245. The molecule has 0 amide bonds. The van der Waals surface area contributed by atoms with Crippen molar-refractivity contribution in [2.45, 2.75) is 38.8 Å². The number of allylic oxidation sites excluding steroid dienone is 2. The molecule has 1 unspecified atom stereocenters. The molecular weight excluding hydrogens is 492 g/mol. The van der Waals surface area contributed by atoms with Crippen LogP contribution in [0.5, 0.6) is 0 Å². The molecule has 1 atom stereocenters. The fourth-order valence-corrected chi connectivity index (χ4v) is 3.45. The number of benzene rings is 1. The lowest BCUT2D eigenvalue weighted by atomic mass is 10.1. The fraction of sp³-hybridized carbons (Fsp3) is 0.240. The molecule has 0 fully saturated rings. The predicted octanol–water partition coefficient (Wildman–Crippen LogP) is 4.55. The van der Waals surface area contributed by atoms with Gasteiger partial charge < -0.3 is 30.5 Å². The van der Waals surface area contributed by atoms with Gasteiger partial charge in [-0.2, -0.15) is 0 Å². The van der Waals surface area contributed by atoms with E-state index in [2.05, 4.69) is 16.0 Å². The molecule has 0 saturated carbocycles. The summed E-state index contributed by atoms with van der Waals surface area (Å²) in [6.07, 6.45) is 5.13. The first-order chi connectivity index (χ1) is 17.0. The van der Waals surface area contributed by atoms with Gasteiger partial charge in [0.1, 0.15) is 28.4 Å². The maximum Gasteiger partial charge on any atom is 0.329 e. The fourth-order valence-electron chi connectivity index (χ4n) is 3.33. The maximum atomic E-state index is 14.5. The molecule has 2 aromatic rings. The van der Waals surface area contributed by atoms with Crippen LogP contribution in [0.25, 0.3) is 5.70 Å². The van der Waals surface area contributed by atoms with Crippen molar-refractivity contribution in [2.75, 3.05) is 0 Å². The van der Waals surface area contributed by atoms with Crippen LogP contribution < -0.4 is 16.0 Å². The Kier molecular flexibility index (Phi) is 8.31. The number of carbonyl (C=O) groups excluding carboxylic acids is 1. The Balaban J connectivity index is 2.02. The summed E-state index contributed by atoms with van der Waals surface area (Å²) in [5.74, 6) is -1.93. The molecule has 36 heavy (non-hydrogen) atoms. The Labute approximate surface area is 212 Å². The standard InChI is InChI=1S/C25H26ClF2N5O3/c1-25(2,3)36-24(34)18(11-15-6-5-9-35-15)33-23-22(14(12-29)10-20(26)30)32-19(13-31-23)16-7-4-8-17(27)21(16)28/h4-10,12-13,18,29-33H,11H2,1-3H3/b14-10+,29-12?,30-20?. The van der Waals surface area contributed by atoms with E-state index < -0.39 is 29.2 Å². The normalized spacial score (nSPS) is 14.8. The minimum Gasteiger partial charge on any atom is -0.469 e. The Morgan fingerprint density at radius 2 is 2.03 bits per heavy atom. The largest absolute Gasteiger partial charge is 0.469 e. The van der Waals surface area contributed by atoms with E-state index in [1.54, 1.807) is 32.9 Å². The van der Waals surface area contributed by atoms with Crippen LogP contribution in [-0.4, -0.2) is 29.0 Å². The van der Waals surface area contributed by atoms with Gasteiger partial charge in [0.15, 0.2) is 11.6 Å². The summed E-state index contributed by atoms with van der Waals surface area (Å²) in [7, 11) is 0. The summed E-state index contributed by atoms with van der Waals surface area (Å²) in [4.78, 5) is 13.0. The average molecular weight is 518 g/mol. The molecule has 0 radical (unpaired) electrons. The van der Waals surface area contributed by atoms with Gasteiger partial charge in [0.25, 0.3) is 0 Å². The molecule has 1 aliphatic heterocycles. The van der Waals surface area contributed by atoms with Crippen LogP contribution in [0.3, 0.4) is 0 Å². The summed E-state index contributed by atoms with van der Waals surface area (Å²) in [5.41, 5.74) is -0.367. The van der Waals surface area contributed by atoms with Crippen molar-refractivity contribution in [3.63, 3.8) is 0 Å². The van der Waals surface area contributed by atoms with E-state index in [9.17, 15) is 13.6 Å². The van der Waals surface area contributed by atoms with E-state index >= 15 is 0 Å². The Morgan fingerprint density at radius 1 is 1.28 bits per heavy atom. The average Bonchev–Trinajstić information content (AvgIpc) is 3.31. The van der Waals surface area contributed by atoms with Gasteiger partial charge in [-0.1, -0.05) is 17.7 Å². The van der Waals surface area contributed by atoms with Gasteiger partial charge in [0.2, 0.25) is 0 Å². The van der Waals surface area contributed by atoms with Crippen molar-refractivity contribution in [3.05, 3.63) is 88.9 Å². The predicted molar refractivity (Wildman–Crippen MR) is 133 cm³/mol. The van der Waals surface area contributed by atoms with E-state index in [0.29, 0.717) is 5.76 Å². The molecule has 0 bridgehead atoms. The summed E-state index contributed by atoms with van der Waals surface area (Å²) >= 11 is 5.74. The third-order valence-corrected chi connectivity index (χ3v) is 4.94. The molecule has 1 aromatic carbocycles. The van der Waals surface area contributed by atoms with Gasteiger partial charge in [-0.25, -0.2) is 13.6 Å². The Hall–Kier alpha value is -3.92. The van der Waals surface area contributed by atoms with Crippen LogP contribution in [0, 0.1) is 22.5 Å². The zero-order valence-corrected chi connectivity index (χ0v) is 20.6. The highest BCUT2D eigenvalue weighted by molar-refractivity contribution is 6.67. The van der Waals surface area contributed by atoms with Crippen LogP contribution in [-0.2, 0) is 16.0 Å². The molecule has 2 heterocycles. The van der Waals surface area contributed by atoms with Crippen LogP contribution in [0.15, 0.2) is 70.4 Å². The number of nitrogens with one attached hydrogen (secondary N) is 5. The van der Waals surface area contributed by atoms with Crippen molar-refractivity contribution in [3.8, 4) is 0 Å². The van der Waals surface area contributed by atoms with Crippen molar-refractivity contribution in [2.24, 2.45) is 0 Å². The molecule has 1 aromatic heterocycles. The first kappa shape index (κ1) is 26.7. The van der Waals surface area contributed by atoms with E-state index in [1.807, 2.05) is 0 Å². The zero-order chi connectivity index (χ0) is 26.5. The van der Waals surface area contributed by atoms with Crippen molar-refractivity contribution >= 4 is 34.7 Å². The highest BCUT2D eigenvalue weighted by Gasteiger charge is 2.29. The molecule has 0 spiro atoms. The van der Waals surface area contributed by atoms with Crippen molar-refractivity contribution in [1.29, 1.82) is 10.8 Å². The van der Waals surface area contributed by atoms with Crippen LogP contribution in [0.1, 0.15) is 32.1 Å². The number of rotatable bonds is 9. The highest BCUT2D eigenvalue weighted by atomic mass is 35.5. The summed E-state index contributed by atoms with van der Waals surface area (Å²) in [5, 5.41) is 24.0. The first-order valence-corrected chi connectivity index (χ1v) is 11.3. The lowest BCUT2D eigenvalue weighted by Crippen LogP contribution is -2.46. The minimum atomic E-state index is -1.07. The molecular formula is C25H26ClF2N5O3. The molecule has 190 valence electrons. The third kappa shape index (κ3) is 6.82. The molecule has 1 aliphatic rings. The van der Waals surface area contributed by atoms with Crippen molar-refractivity contribution < 1.29 is 22.7 Å². The van der Waals surface area contributed by atoms with Crippen LogP contribution >= 0.6 is 11.6 Å². The molecule has 8 nitrogen and oxygen atoms in total.